The van der Waals surface area contributed by atoms with Gasteiger partial charge in [-0.2, -0.15) is 73.8 Å². The quantitative estimate of drug-likeness (QED) is 0.00531. The molecule has 0 saturated carbocycles. The fourth-order valence-corrected chi connectivity index (χ4v) is 12.8. The van der Waals surface area contributed by atoms with Crippen LogP contribution in [0.2, 0.25) is 10.6 Å². The van der Waals surface area contributed by atoms with Crippen LogP contribution in [0.3, 0.4) is 0 Å². The van der Waals surface area contributed by atoms with Gasteiger partial charge in [0.15, 0.2) is 33.7 Å². The van der Waals surface area contributed by atoms with Crippen molar-refractivity contribution in [1.82, 2.24) is 29.9 Å². The lowest BCUT2D eigenvalue weighted by atomic mass is 10.1. The fraction of sp³-hybridized carbons (Fsp3) is 0.156. The van der Waals surface area contributed by atoms with Crippen LogP contribution in [0.15, 0.2) is 129 Å². The van der Waals surface area contributed by atoms with E-state index in [0.717, 1.165) is 42.5 Å². The van der Waals surface area contributed by atoms with Crippen LogP contribution in [-0.4, -0.2) is 155 Å². The van der Waals surface area contributed by atoms with Crippen molar-refractivity contribution >= 4 is 177 Å². The second-order valence-electron chi connectivity index (χ2n) is 17.9. The lowest BCUT2D eigenvalue weighted by Gasteiger charge is -2.22. The van der Waals surface area contributed by atoms with Gasteiger partial charge < -0.3 is 36.2 Å². The summed E-state index contributed by atoms with van der Waals surface area (Å²) >= 11 is 13.1. The first-order valence-corrected chi connectivity index (χ1v) is 34.1. The number of aliphatic hydroxyl groups excluding tert-OH is 1. The van der Waals surface area contributed by atoms with E-state index in [4.69, 9.17) is 37.9 Å². The van der Waals surface area contributed by atoms with Crippen LogP contribution in [0, 0.1) is 6.92 Å². The van der Waals surface area contributed by atoms with E-state index in [-0.39, 0.29) is 111 Å². The van der Waals surface area contributed by atoms with Crippen molar-refractivity contribution in [3.05, 3.63) is 95.0 Å². The first-order valence-electron chi connectivity index (χ1n) is 24.5. The number of nitrogens with one attached hydrogen (secondary N) is 3. The Labute approximate surface area is 535 Å². The number of benzene rings is 6. The molecule has 0 spiro atoms. The zero-order valence-corrected chi connectivity index (χ0v) is 52.7. The first-order chi connectivity index (χ1) is 43.3. The number of fused-ring (bicyclic) bond motifs is 2. The molecule has 0 radical (unpaired) electrons. The number of sulfone groups is 1. The minimum Gasteiger partial charge on any atom is -0.505 e. The summed E-state index contributed by atoms with van der Waals surface area (Å²) in [6.07, 6.45) is 0. The van der Waals surface area contributed by atoms with E-state index in [1.54, 1.807) is 0 Å². The van der Waals surface area contributed by atoms with Crippen LogP contribution in [0.1, 0.15) is 5.56 Å². The van der Waals surface area contributed by atoms with E-state index >= 15 is 0 Å². The van der Waals surface area contributed by atoms with Crippen LogP contribution in [0.5, 0.6) is 11.5 Å². The Morgan fingerprint density at radius 2 is 1.22 bits per heavy atom. The molecule has 8 rings (SSSR count). The Morgan fingerprint density at radius 3 is 1.86 bits per heavy atom. The maximum absolute atomic E-state index is 12.8. The van der Waals surface area contributed by atoms with Crippen molar-refractivity contribution < 1.29 is 109 Å². The third-order valence-electron chi connectivity index (χ3n) is 12.0. The average Bonchev–Trinajstić information content (AvgIpc) is 0.753. The molecule has 0 atom stereocenters. The number of phenolic OH excluding ortho intramolecular Hbond substituents is 2. The highest BCUT2D eigenvalue weighted by Crippen LogP contribution is 2.49. The zero-order valence-electron chi connectivity index (χ0n) is 45.4. The van der Waals surface area contributed by atoms with Crippen molar-refractivity contribution in [3.8, 4) is 11.5 Å². The molecule has 47 heteroatoms. The minimum atomic E-state index is -5.42. The third kappa shape index (κ3) is 17.4. The van der Waals surface area contributed by atoms with Crippen molar-refractivity contribution in [2.24, 2.45) is 20.5 Å². The standard InChI is InChI=1S/C45H40Cl2N14O24S7/c1-21-16-25(89(69,70)71)6-7-28(21)58-60-37-33(92(78,79)80)20-27-32(91(75,76)77)9-8-29(35(27)39(37)64)49-44-53-41(47)54-45(56-44)61(12-13-62)11-10-48-42-51-40(46)52-43(55-42)50-30-19-26(90(72,73)74)17-22-18-31(86-84-82-65)36(38(63)34(22)30)59-57-23-2-4-24(5-3-23)88(67,68)15-14-81-87-85-83-66/h2-9,16-20,62-66H,10-15H2,1H3,(H,69,70,71)(H,72,73,74)(H,75,76,77)(H,78,79,80)(H,49,53,54,56)(H2,48,50,51,52,55). The Kier molecular flexibility index (Phi) is 22.3. The molecule has 2 aromatic heterocycles. The van der Waals surface area contributed by atoms with Gasteiger partial charge in [0.05, 0.1) is 78.7 Å². The maximum atomic E-state index is 12.8. The molecule has 8 aromatic rings. The van der Waals surface area contributed by atoms with E-state index in [0.29, 0.717) is 6.07 Å². The fourth-order valence-electron chi connectivity index (χ4n) is 8.13. The summed E-state index contributed by atoms with van der Waals surface area (Å²) in [5.74, 6) is -3.84. The number of aromatic hydroxyl groups is 2. The number of hydrogen-bond donors (Lipinski definition) is 12. The molecule has 92 heavy (non-hydrogen) atoms. The van der Waals surface area contributed by atoms with Gasteiger partial charge in [0.1, 0.15) is 21.2 Å². The summed E-state index contributed by atoms with van der Waals surface area (Å²) in [5, 5.41) is 79.4. The number of hydrogen-bond acceptors (Lipinski definition) is 36. The maximum Gasteiger partial charge on any atom is 0.296 e. The average molecular weight is 1460 g/mol. The zero-order chi connectivity index (χ0) is 67.1. The van der Waals surface area contributed by atoms with Crippen molar-refractivity contribution in [3.63, 3.8) is 0 Å². The van der Waals surface area contributed by atoms with Gasteiger partial charge in [-0.15, -0.1) is 18.9 Å². The molecule has 0 aliphatic rings. The molecule has 6 aromatic carbocycles. The predicted molar refractivity (Wildman–Crippen MR) is 322 cm³/mol. The lowest BCUT2D eigenvalue weighted by molar-refractivity contribution is -0.434. The Morgan fingerprint density at radius 1 is 0.598 bits per heavy atom. The third-order valence-corrected chi connectivity index (χ3v) is 18.5. The van der Waals surface area contributed by atoms with Gasteiger partial charge in [-0.05, 0) is 120 Å². The molecule has 490 valence electrons. The van der Waals surface area contributed by atoms with Gasteiger partial charge in [0.2, 0.25) is 34.4 Å². The Hall–Kier alpha value is -7.59. The smallest absolute Gasteiger partial charge is 0.296 e. The summed E-state index contributed by atoms with van der Waals surface area (Å²) in [7, 11) is -24.3. The SMILES string of the molecule is Cc1cc(S(=O)(=O)O)ccc1N=Nc1c(S(=O)(=O)O)cc2c(S(=O)(=O)O)ccc(Nc3nc(Cl)nc(N(CCO)CCNc4nc(Cl)nc(Nc5cc(S(=O)(=O)O)cc6cc(SOOO)c(N=Nc7ccc(S(=O)(=O)CCOSOOO)cc7)c(O)c56)n4)n3)c2c1O. The number of anilines is 6. The number of rotatable bonds is 29. The van der Waals surface area contributed by atoms with E-state index in [1.807, 2.05) is 0 Å². The van der Waals surface area contributed by atoms with Crippen molar-refractivity contribution in [2.45, 2.75) is 36.3 Å². The van der Waals surface area contributed by atoms with Crippen molar-refractivity contribution in [1.29, 1.82) is 0 Å². The topological polar surface area (TPSA) is 565 Å². The second kappa shape index (κ2) is 29.1. The van der Waals surface area contributed by atoms with Crippen molar-refractivity contribution in [2.75, 3.05) is 59.5 Å². The summed E-state index contributed by atoms with van der Waals surface area (Å²) in [4.78, 5) is 22.3. The molecule has 0 bridgehead atoms. The van der Waals surface area contributed by atoms with Gasteiger partial charge >= 0.3 is 0 Å². The number of aryl methyl sites for hydroxylation is 1. The highest BCUT2D eigenvalue weighted by molar-refractivity contribution is 7.94. The van der Waals surface area contributed by atoms with Crippen LogP contribution in [0.25, 0.3) is 21.5 Å². The summed E-state index contributed by atoms with van der Waals surface area (Å²) < 4.78 is 179. The highest BCUT2D eigenvalue weighted by Gasteiger charge is 2.29. The minimum absolute atomic E-state index is 0.0308. The number of aromatic nitrogens is 6. The summed E-state index contributed by atoms with van der Waals surface area (Å²) in [6, 6.07) is 13.2. The van der Waals surface area contributed by atoms with E-state index in [1.165, 1.54) is 42.2 Å². The Bertz CT molecular complexity index is 4820. The molecule has 0 amide bonds. The Balaban J connectivity index is 1.07. The van der Waals surface area contributed by atoms with Gasteiger partial charge in [0.25, 0.3) is 40.5 Å². The number of nitrogens with zero attached hydrogens (tertiary/aromatic N) is 11. The van der Waals surface area contributed by atoms with Crippen LogP contribution in [0.4, 0.5) is 57.9 Å². The molecule has 12 N–H and O–H groups in total. The van der Waals surface area contributed by atoms with Crippen LogP contribution < -0.4 is 20.9 Å². The monoisotopic (exact) mass is 1450 g/mol. The summed E-state index contributed by atoms with van der Waals surface area (Å²) in [6.45, 7) is -0.122. The molecule has 0 unspecified atom stereocenters. The largest absolute Gasteiger partial charge is 0.505 e. The molecule has 0 saturated heterocycles. The number of halogens is 2. The molecule has 2 heterocycles. The molecule has 0 aliphatic heterocycles. The molecular formula is C45H40Cl2N14O24S7. The van der Waals surface area contributed by atoms with E-state index in [9.17, 15) is 75.6 Å². The molecular weight excluding hydrogens is 1420 g/mol. The van der Waals surface area contributed by atoms with Gasteiger partial charge in [0, 0.05) is 30.4 Å². The normalized spacial score (nSPS) is 12.6. The number of phenols is 2. The predicted octanol–water partition coefficient (Wildman–Crippen LogP) is 7.81. The van der Waals surface area contributed by atoms with Gasteiger partial charge in [-0.1, -0.05) is 10.1 Å². The number of azo groups is 2. The molecule has 0 fully saturated rings. The van der Waals surface area contributed by atoms with Gasteiger partial charge in [-0.3, -0.25) is 22.4 Å². The lowest BCUT2D eigenvalue weighted by Crippen LogP contribution is -2.33. The molecule has 0 aliphatic carbocycles. The number of aliphatic hydroxyl groups is 1. The van der Waals surface area contributed by atoms with E-state index in [2.05, 4.69) is 85.1 Å². The second-order valence-corrected chi connectivity index (χ2v) is 27.6. The molecule has 38 nitrogen and oxygen atoms in total. The van der Waals surface area contributed by atoms with Gasteiger partial charge in [-0.25, -0.2) is 18.9 Å². The van der Waals surface area contributed by atoms with E-state index < -0.39 is 138 Å². The van der Waals surface area contributed by atoms with Crippen LogP contribution in [-0.2, 0) is 73.2 Å². The van der Waals surface area contributed by atoms with Crippen LogP contribution >= 0.6 is 47.6 Å². The summed E-state index contributed by atoms with van der Waals surface area (Å²) in [5.41, 5.74) is -2.11. The first kappa shape index (κ1) is 70.3. The highest BCUT2D eigenvalue weighted by atomic mass is 35.5.